The number of alkyl halides is 1. The second kappa shape index (κ2) is 7.68. The molecule has 0 heterocycles. The van der Waals surface area contributed by atoms with Gasteiger partial charge in [0.1, 0.15) is 11.9 Å². The predicted octanol–water partition coefficient (Wildman–Crippen LogP) is 4.60. The number of rotatable bonds is 7. The molecule has 0 saturated carbocycles. The van der Waals surface area contributed by atoms with Crippen molar-refractivity contribution in [3.8, 4) is 5.75 Å². The van der Waals surface area contributed by atoms with E-state index in [1.165, 1.54) is 5.56 Å². The summed E-state index contributed by atoms with van der Waals surface area (Å²) in [4.78, 5) is 0. The van der Waals surface area contributed by atoms with E-state index in [1.54, 1.807) is 7.11 Å². The SMILES string of the molecule is COc1cccc(C[C@@H](F)CCCc2ccccc2)c1. The number of hydrogen-bond acceptors (Lipinski definition) is 1. The molecule has 2 rings (SSSR count). The van der Waals surface area contributed by atoms with Crippen LogP contribution in [0.2, 0.25) is 0 Å². The van der Waals surface area contributed by atoms with Crippen molar-refractivity contribution in [3.05, 3.63) is 65.7 Å². The van der Waals surface area contributed by atoms with Gasteiger partial charge >= 0.3 is 0 Å². The van der Waals surface area contributed by atoms with Gasteiger partial charge in [-0.3, -0.25) is 0 Å². The molecule has 0 aliphatic rings. The van der Waals surface area contributed by atoms with Crippen LogP contribution in [0.5, 0.6) is 5.75 Å². The standard InChI is InChI=1S/C18H21FO/c1-20-18-12-6-10-16(14-18)13-17(19)11-5-9-15-7-3-2-4-8-15/h2-4,6-8,10,12,14,17H,5,9,11,13H2,1H3/t17-/m0/s1. The molecular formula is C18H21FO. The normalized spacial score (nSPS) is 12.1. The molecule has 2 aromatic carbocycles. The van der Waals surface area contributed by atoms with E-state index in [0.29, 0.717) is 12.8 Å². The van der Waals surface area contributed by atoms with Crippen molar-refractivity contribution in [1.29, 1.82) is 0 Å². The second-order valence-electron chi connectivity index (χ2n) is 5.03. The lowest BCUT2D eigenvalue weighted by atomic mass is 10.0. The average molecular weight is 272 g/mol. The zero-order valence-electron chi connectivity index (χ0n) is 11.9. The van der Waals surface area contributed by atoms with Crippen LogP contribution in [0.3, 0.4) is 0 Å². The number of halogens is 1. The average Bonchev–Trinajstić information content (AvgIpc) is 2.48. The third kappa shape index (κ3) is 4.69. The monoisotopic (exact) mass is 272 g/mol. The lowest BCUT2D eigenvalue weighted by Gasteiger charge is -2.09. The first-order valence-corrected chi connectivity index (χ1v) is 7.09. The van der Waals surface area contributed by atoms with Gasteiger partial charge in [0.05, 0.1) is 7.11 Å². The van der Waals surface area contributed by atoms with Crippen LogP contribution in [0.25, 0.3) is 0 Å². The van der Waals surface area contributed by atoms with Crippen LogP contribution >= 0.6 is 0 Å². The molecule has 0 amide bonds. The van der Waals surface area contributed by atoms with Crippen molar-refractivity contribution in [2.24, 2.45) is 0 Å². The van der Waals surface area contributed by atoms with E-state index in [1.807, 2.05) is 42.5 Å². The van der Waals surface area contributed by atoms with Crippen molar-refractivity contribution in [2.45, 2.75) is 31.9 Å². The van der Waals surface area contributed by atoms with Gasteiger partial charge in [0, 0.05) is 6.42 Å². The van der Waals surface area contributed by atoms with Gasteiger partial charge in [0.15, 0.2) is 0 Å². The zero-order chi connectivity index (χ0) is 14.2. The summed E-state index contributed by atoms with van der Waals surface area (Å²) in [6.07, 6.45) is 2.11. The summed E-state index contributed by atoms with van der Waals surface area (Å²) in [5.41, 5.74) is 2.28. The quantitative estimate of drug-likeness (QED) is 0.716. The fourth-order valence-electron chi connectivity index (χ4n) is 2.33. The molecule has 0 saturated heterocycles. The minimum Gasteiger partial charge on any atom is -0.497 e. The van der Waals surface area contributed by atoms with Crippen LogP contribution in [0, 0.1) is 0 Å². The molecule has 0 spiro atoms. The first kappa shape index (κ1) is 14.6. The maximum absolute atomic E-state index is 14.0. The van der Waals surface area contributed by atoms with Crippen LogP contribution in [-0.4, -0.2) is 13.3 Å². The van der Waals surface area contributed by atoms with Gasteiger partial charge in [-0.25, -0.2) is 4.39 Å². The molecule has 2 aromatic rings. The molecule has 0 aromatic heterocycles. The van der Waals surface area contributed by atoms with E-state index in [9.17, 15) is 4.39 Å². The zero-order valence-corrected chi connectivity index (χ0v) is 11.9. The smallest absolute Gasteiger partial charge is 0.119 e. The van der Waals surface area contributed by atoms with Crippen molar-refractivity contribution in [3.63, 3.8) is 0 Å². The summed E-state index contributed by atoms with van der Waals surface area (Å²) in [5, 5.41) is 0. The summed E-state index contributed by atoms with van der Waals surface area (Å²) in [5.74, 6) is 0.791. The minimum absolute atomic E-state index is 0.464. The van der Waals surface area contributed by atoms with E-state index in [2.05, 4.69) is 12.1 Å². The highest BCUT2D eigenvalue weighted by molar-refractivity contribution is 5.28. The molecule has 0 aliphatic heterocycles. The van der Waals surface area contributed by atoms with Gasteiger partial charge in [-0.05, 0) is 42.5 Å². The van der Waals surface area contributed by atoms with Gasteiger partial charge in [-0.1, -0.05) is 42.5 Å². The van der Waals surface area contributed by atoms with Crippen LogP contribution in [-0.2, 0) is 12.8 Å². The fourth-order valence-corrected chi connectivity index (χ4v) is 2.33. The molecule has 0 N–H and O–H groups in total. The highest BCUT2D eigenvalue weighted by Crippen LogP contribution is 2.17. The maximum atomic E-state index is 14.0. The van der Waals surface area contributed by atoms with Crippen LogP contribution < -0.4 is 4.74 Å². The fraction of sp³-hybridized carbons (Fsp3) is 0.333. The summed E-state index contributed by atoms with van der Waals surface area (Å²) >= 11 is 0. The van der Waals surface area contributed by atoms with Crippen molar-refractivity contribution in [1.82, 2.24) is 0 Å². The van der Waals surface area contributed by atoms with E-state index < -0.39 is 6.17 Å². The largest absolute Gasteiger partial charge is 0.497 e. The third-order valence-corrected chi connectivity index (χ3v) is 3.42. The van der Waals surface area contributed by atoms with E-state index in [4.69, 9.17) is 4.74 Å². The summed E-state index contributed by atoms with van der Waals surface area (Å²) in [7, 11) is 1.63. The van der Waals surface area contributed by atoms with Gasteiger partial charge < -0.3 is 4.74 Å². The number of methoxy groups -OCH3 is 1. The Morgan fingerprint density at radius 1 is 1.00 bits per heavy atom. The molecule has 0 radical (unpaired) electrons. The number of hydrogen-bond donors (Lipinski definition) is 0. The second-order valence-corrected chi connectivity index (χ2v) is 5.03. The first-order chi connectivity index (χ1) is 9.78. The Balaban J connectivity index is 1.76. The van der Waals surface area contributed by atoms with E-state index >= 15 is 0 Å². The van der Waals surface area contributed by atoms with E-state index in [0.717, 1.165) is 24.2 Å². The predicted molar refractivity (Wildman–Crippen MR) is 81.0 cm³/mol. The van der Waals surface area contributed by atoms with Crippen LogP contribution in [0.1, 0.15) is 24.0 Å². The first-order valence-electron chi connectivity index (χ1n) is 7.09. The molecule has 106 valence electrons. The Kier molecular flexibility index (Phi) is 5.60. The van der Waals surface area contributed by atoms with Gasteiger partial charge in [-0.15, -0.1) is 0 Å². The molecule has 0 aliphatic carbocycles. The molecule has 1 atom stereocenters. The number of ether oxygens (including phenoxy) is 1. The lowest BCUT2D eigenvalue weighted by molar-refractivity contribution is 0.306. The van der Waals surface area contributed by atoms with Crippen molar-refractivity contribution in [2.75, 3.05) is 7.11 Å². The topological polar surface area (TPSA) is 9.23 Å². The Hall–Kier alpha value is -1.83. The summed E-state index contributed by atoms with van der Waals surface area (Å²) in [6.45, 7) is 0. The maximum Gasteiger partial charge on any atom is 0.119 e. The lowest BCUT2D eigenvalue weighted by Crippen LogP contribution is -2.05. The molecule has 0 unspecified atom stereocenters. The van der Waals surface area contributed by atoms with Crippen LogP contribution in [0.15, 0.2) is 54.6 Å². The van der Waals surface area contributed by atoms with Crippen molar-refractivity contribution < 1.29 is 9.13 Å². The van der Waals surface area contributed by atoms with Gasteiger partial charge in [0.25, 0.3) is 0 Å². The summed E-state index contributed by atoms with van der Waals surface area (Å²) < 4.78 is 19.1. The molecule has 2 heteroatoms. The molecule has 20 heavy (non-hydrogen) atoms. The Morgan fingerprint density at radius 3 is 2.50 bits per heavy atom. The molecular weight excluding hydrogens is 251 g/mol. The van der Waals surface area contributed by atoms with Gasteiger partial charge in [-0.2, -0.15) is 0 Å². The molecule has 0 fully saturated rings. The minimum atomic E-state index is -0.786. The van der Waals surface area contributed by atoms with E-state index in [-0.39, 0.29) is 0 Å². The number of benzene rings is 2. The van der Waals surface area contributed by atoms with Crippen molar-refractivity contribution >= 4 is 0 Å². The third-order valence-electron chi connectivity index (χ3n) is 3.42. The summed E-state index contributed by atoms with van der Waals surface area (Å²) in [6, 6.07) is 17.9. The number of aryl methyl sites for hydroxylation is 1. The Morgan fingerprint density at radius 2 is 1.75 bits per heavy atom. The van der Waals surface area contributed by atoms with Gasteiger partial charge in [0.2, 0.25) is 0 Å². The highest BCUT2D eigenvalue weighted by Gasteiger charge is 2.08. The van der Waals surface area contributed by atoms with Crippen LogP contribution in [0.4, 0.5) is 4.39 Å². The molecule has 1 nitrogen and oxygen atoms in total. The molecule has 0 bridgehead atoms. The Bertz CT molecular complexity index is 510. The highest BCUT2D eigenvalue weighted by atomic mass is 19.1. The Labute approximate surface area is 120 Å².